The van der Waals surface area contributed by atoms with Crippen molar-refractivity contribution in [3.05, 3.63) is 58.7 Å². The van der Waals surface area contributed by atoms with Gasteiger partial charge in [0.05, 0.1) is 11.6 Å². The van der Waals surface area contributed by atoms with E-state index in [-0.39, 0.29) is 6.10 Å². The number of halogens is 1. The number of benzene rings is 1. The standard InChI is InChI=1S/C22H27ClN4O/c1-16(9-12-24)27-13-10-19(11-14-27)22(18-7-5-17(15-25)6-8-18)28-21-4-2-3-20(23)26-21/h2-8,16,19,22H,9-14,24H2,1H3. The number of likely N-dealkylation sites (tertiary alicyclic amines) is 1. The zero-order valence-corrected chi connectivity index (χ0v) is 17.0. The number of rotatable bonds is 7. The van der Waals surface area contributed by atoms with E-state index in [1.165, 1.54) is 0 Å². The average molecular weight is 399 g/mol. The molecule has 1 aliphatic heterocycles. The van der Waals surface area contributed by atoms with Gasteiger partial charge in [-0.1, -0.05) is 29.8 Å². The molecular formula is C22H27ClN4O. The van der Waals surface area contributed by atoms with Crippen LogP contribution in [-0.2, 0) is 0 Å². The molecule has 2 unspecified atom stereocenters. The second-order valence-electron chi connectivity index (χ2n) is 7.37. The highest BCUT2D eigenvalue weighted by atomic mass is 35.5. The van der Waals surface area contributed by atoms with Crippen LogP contribution < -0.4 is 10.5 Å². The third-order valence-corrected chi connectivity index (χ3v) is 5.73. The summed E-state index contributed by atoms with van der Waals surface area (Å²) in [5.41, 5.74) is 7.43. The number of nitrogens with two attached hydrogens (primary N) is 1. The highest BCUT2D eigenvalue weighted by Crippen LogP contribution is 2.35. The first-order valence-corrected chi connectivity index (χ1v) is 10.2. The number of aromatic nitrogens is 1. The van der Waals surface area contributed by atoms with Gasteiger partial charge in [-0.3, -0.25) is 0 Å². The first kappa shape index (κ1) is 20.6. The molecule has 0 amide bonds. The number of ether oxygens (including phenoxy) is 1. The predicted octanol–water partition coefficient (Wildman–Crippen LogP) is 4.18. The lowest BCUT2D eigenvalue weighted by Gasteiger charge is -2.38. The molecule has 1 fully saturated rings. The van der Waals surface area contributed by atoms with Gasteiger partial charge in [-0.15, -0.1) is 0 Å². The van der Waals surface area contributed by atoms with Gasteiger partial charge < -0.3 is 15.4 Å². The minimum atomic E-state index is -0.120. The van der Waals surface area contributed by atoms with Crippen LogP contribution >= 0.6 is 11.6 Å². The van der Waals surface area contributed by atoms with Crippen molar-refractivity contribution in [3.8, 4) is 11.9 Å². The second-order valence-corrected chi connectivity index (χ2v) is 7.76. The highest BCUT2D eigenvalue weighted by Gasteiger charge is 2.31. The topological polar surface area (TPSA) is 75.2 Å². The molecule has 5 nitrogen and oxygen atoms in total. The van der Waals surface area contributed by atoms with Crippen molar-refractivity contribution in [2.24, 2.45) is 11.7 Å². The molecule has 1 aliphatic rings. The maximum Gasteiger partial charge on any atom is 0.215 e. The molecule has 1 aromatic heterocycles. The molecule has 3 rings (SSSR count). The lowest BCUT2D eigenvalue weighted by Crippen LogP contribution is -2.42. The molecule has 2 aromatic rings. The Kier molecular flexibility index (Phi) is 7.27. The summed E-state index contributed by atoms with van der Waals surface area (Å²) >= 11 is 6.04. The van der Waals surface area contributed by atoms with Gasteiger partial charge in [0, 0.05) is 18.0 Å². The van der Waals surface area contributed by atoms with Crippen LogP contribution in [0.3, 0.4) is 0 Å². The summed E-state index contributed by atoms with van der Waals surface area (Å²) in [6.07, 6.45) is 2.98. The van der Waals surface area contributed by atoms with Gasteiger partial charge in [-0.25, -0.2) is 4.98 Å². The van der Waals surface area contributed by atoms with Gasteiger partial charge in [-0.2, -0.15) is 5.26 Å². The molecule has 1 aromatic carbocycles. The van der Waals surface area contributed by atoms with Crippen LogP contribution in [0.2, 0.25) is 5.15 Å². The van der Waals surface area contributed by atoms with E-state index in [1.54, 1.807) is 6.07 Å². The van der Waals surface area contributed by atoms with E-state index in [9.17, 15) is 0 Å². The first-order valence-electron chi connectivity index (χ1n) is 9.84. The largest absolute Gasteiger partial charge is 0.469 e. The number of hydrogen-bond donors (Lipinski definition) is 1. The Morgan fingerprint density at radius 2 is 1.96 bits per heavy atom. The maximum atomic E-state index is 9.09. The summed E-state index contributed by atoms with van der Waals surface area (Å²) < 4.78 is 6.32. The molecule has 0 bridgehead atoms. The van der Waals surface area contributed by atoms with E-state index in [4.69, 9.17) is 27.3 Å². The van der Waals surface area contributed by atoms with Crippen LogP contribution in [0.1, 0.15) is 43.4 Å². The fraction of sp³-hybridized carbons (Fsp3) is 0.455. The highest BCUT2D eigenvalue weighted by molar-refractivity contribution is 6.29. The van der Waals surface area contributed by atoms with Gasteiger partial charge in [0.1, 0.15) is 11.3 Å². The van der Waals surface area contributed by atoms with Gasteiger partial charge in [0.15, 0.2) is 0 Å². The molecule has 0 spiro atoms. The first-order chi connectivity index (χ1) is 13.6. The summed E-state index contributed by atoms with van der Waals surface area (Å²) in [4.78, 5) is 6.81. The number of piperidine rings is 1. The minimum absolute atomic E-state index is 0.120. The SMILES string of the molecule is CC(CCN)N1CCC(C(Oc2cccc(Cl)n2)c2ccc(C#N)cc2)CC1. The van der Waals surface area contributed by atoms with Gasteiger partial charge in [0.25, 0.3) is 0 Å². The minimum Gasteiger partial charge on any atom is -0.469 e. The fourth-order valence-corrected chi connectivity index (χ4v) is 4.01. The molecule has 2 atom stereocenters. The van der Waals surface area contributed by atoms with E-state index in [0.717, 1.165) is 44.5 Å². The monoisotopic (exact) mass is 398 g/mol. The summed E-state index contributed by atoms with van der Waals surface area (Å²) in [5.74, 6) is 0.899. The van der Waals surface area contributed by atoms with E-state index in [2.05, 4.69) is 22.9 Å². The summed E-state index contributed by atoms with van der Waals surface area (Å²) in [7, 11) is 0. The molecule has 148 valence electrons. The number of nitriles is 1. The number of pyridine rings is 1. The van der Waals surface area contributed by atoms with Crippen molar-refractivity contribution in [1.29, 1.82) is 5.26 Å². The second kappa shape index (κ2) is 9.88. The van der Waals surface area contributed by atoms with E-state index in [1.807, 2.05) is 36.4 Å². The number of hydrogen-bond acceptors (Lipinski definition) is 5. The molecule has 0 radical (unpaired) electrons. The Hall–Kier alpha value is -2.13. The molecule has 28 heavy (non-hydrogen) atoms. The Morgan fingerprint density at radius 1 is 1.25 bits per heavy atom. The van der Waals surface area contributed by atoms with Gasteiger partial charge in [-0.05, 0) is 69.6 Å². The van der Waals surface area contributed by atoms with Gasteiger partial charge in [0.2, 0.25) is 5.88 Å². The lowest BCUT2D eigenvalue weighted by molar-refractivity contribution is 0.0586. The summed E-state index contributed by atoms with van der Waals surface area (Å²) in [6.45, 7) is 5.03. The molecule has 0 aliphatic carbocycles. The van der Waals surface area contributed by atoms with Crippen molar-refractivity contribution >= 4 is 11.6 Å². The van der Waals surface area contributed by atoms with Crippen molar-refractivity contribution in [3.63, 3.8) is 0 Å². The lowest BCUT2D eigenvalue weighted by atomic mass is 9.86. The molecule has 1 saturated heterocycles. The smallest absolute Gasteiger partial charge is 0.215 e. The average Bonchev–Trinajstić information content (AvgIpc) is 2.72. The Labute approximate surface area is 172 Å². The molecule has 2 N–H and O–H groups in total. The van der Waals surface area contributed by atoms with Crippen molar-refractivity contribution in [1.82, 2.24) is 9.88 Å². The third kappa shape index (κ3) is 5.23. The fourth-order valence-electron chi connectivity index (χ4n) is 3.86. The van der Waals surface area contributed by atoms with Crippen LogP contribution in [0.25, 0.3) is 0 Å². The van der Waals surface area contributed by atoms with Crippen LogP contribution in [0.15, 0.2) is 42.5 Å². The predicted molar refractivity (Wildman–Crippen MR) is 111 cm³/mol. The molecular weight excluding hydrogens is 372 g/mol. The van der Waals surface area contributed by atoms with E-state index >= 15 is 0 Å². The molecule has 2 heterocycles. The Balaban J connectivity index is 1.77. The number of nitrogens with zero attached hydrogens (tertiary/aromatic N) is 3. The van der Waals surface area contributed by atoms with Crippen molar-refractivity contribution in [2.45, 2.75) is 38.3 Å². The molecule has 0 saturated carbocycles. The normalized spacial score (nSPS) is 17.6. The zero-order chi connectivity index (χ0) is 19.9. The quantitative estimate of drug-likeness (QED) is 0.708. The van der Waals surface area contributed by atoms with Crippen LogP contribution in [0.4, 0.5) is 0 Å². The van der Waals surface area contributed by atoms with Gasteiger partial charge >= 0.3 is 0 Å². The van der Waals surface area contributed by atoms with E-state index in [0.29, 0.717) is 28.6 Å². The van der Waals surface area contributed by atoms with Crippen LogP contribution in [0, 0.1) is 17.2 Å². The van der Waals surface area contributed by atoms with Crippen molar-refractivity contribution in [2.75, 3.05) is 19.6 Å². The van der Waals surface area contributed by atoms with E-state index < -0.39 is 0 Å². The molecule has 6 heteroatoms. The summed E-state index contributed by atoms with van der Waals surface area (Å²) in [5, 5.41) is 9.50. The Bertz CT molecular complexity index is 797. The zero-order valence-electron chi connectivity index (χ0n) is 16.2. The van der Waals surface area contributed by atoms with Crippen LogP contribution in [0.5, 0.6) is 5.88 Å². The summed E-state index contributed by atoms with van der Waals surface area (Å²) in [6, 6.07) is 15.8. The third-order valence-electron chi connectivity index (χ3n) is 5.52. The maximum absolute atomic E-state index is 9.09. The Morgan fingerprint density at radius 3 is 2.57 bits per heavy atom. The van der Waals surface area contributed by atoms with Crippen molar-refractivity contribution < 1.29 is 4.74 Å². The van der Waals surface area contributed by atoms with Crippen LogP contribution in [-0.4, -0.2) is 35.6 Å².